The molecule has 356 valence electrons. The van der Waals surface area contributed by atoms with Crippen molar-refractivity contribution >= 4 is 101 Å². The topological polar surface area (TPSA) is 9.86 Å². The molecule has 0 saturated carbocycles. The van der Waals surface area contributed by atoms with Crippen LogP contribution in [0.25, 0.3) is 77.2 Å². The van der Waals surface area contributed by atoms with Crippen molar-refractivity contribution in [3.8, 4) is 33.6 Å². The van der Waals surface area contributed by atoms with E-state index in [1.54, 1.807) is 0 Å². The lowest BCUT2D eigenvalue weighted by molar-refractivity contribution is 1.17. The molecule has 76 heavy (non-hydrogen) atoms. The molecule has 1 aliphatic heterocycles. The SMILES string of the molecule is c1ccc([Si](c2ccccc2)(c2ccccc2)c2cccc(-n3c4ccccc4c4cc(-n5c6ccccc6c6ccc(-c7ccc8c(c7)-c7ccccc7[Si]8(c7ccccc7)c7ccccc7)cc65)ccc43)c2)cc1. The Morgan fingerprint density at radius 3 is 1.33 bits per heavy atom. The van der Waals surface area contributed by atoms with E-state index in [4.69, 9.17) is 0 Å². The molecule has 0 radical (unpaired) electrons. The van der Waals surface area contributed by atoms with Gasteiger partial charge in [0, 0.05) is 32.9 Å². The highest BCUT2D eigenvalue weighted by atomic mass is 28.3. The Kier molecular flexibility index (Phi) is 10.3. The summed E-state index contributed by atoms with van der Waals surface area (Å²) in [5.74, 6) is 0. The molecule has 0 spiro atoms. The average Bonchev–Trinajstić information content (AvgIpc) is 4.16. The standard InChI is InChI=1S/C72H50N2Si2/c1-6-24-55(25-7-1)75(56-26-8-2-9-27-56,57-28-10-3-11-29-57)60-34-22-23-53(49-60)73-68-39-20-17-36-62(68)65-50-54(43-45-69(65)73)74-67-38-19-16-35-61(67)63-44-41-52(48-70(63)74)51-42-46-72-66(47-51)64-37-18-21-40-71(64)76(72,58-30-12-4-13-31-58)59-32-14-5-15-33-59/h1-50H. The van der Waals surface area contributed by atoms with Crippen LogP contribution in [-0.2, 0) is 0 Å². The number of nitrogens with zero attached hydrogens (tertiary/aromatic N) is 2. The molecule has 0 amide bonds. The molecular formula is C72H50N2Si2. The van der Waals surface area contributed by atoms with Crippen LogP contribution in [0.4, 0.5) is 0 Å². The lowest BCUT2D eigenvalue weighted by atomic mass is 9.98. The number of hydrogen-bond donors (Lipinski definition) is 0. The van der Waals surface area contributed by atoms with E-state index in [0.29, 0.717) is 0 Å². The molecule has 0 atom stereocenters. The summed E-state index contributed by atoms with van der Waals surface area (Å²) in [6.45, 7) is 0. The summed E-state index contributed by atoms with van der Waals surface area (Å²) >= 11 is 0. The molecule has 0 bridgehead atoms. The van der Waals surface area contributed by atoms with Gasteiger partial charge in [0.05, 0.1) is 22.1 Å². The third-order valence-electron chi connectivity index (χ3n) is 16.5. The predicted octanol–water partition coefficient (Wildman–Crippen LogP) is 12.3. The number of fused-ring (bicyclic) bond motifs is 9. The largest absolute Gasteiger partial charge is 0.309 e. The van der Waals surface area contributed by atoms with E-state index in [1.165, 1.54) is 107 Å². The number of rotatable bonds is 9. The first-order valence-electron chi connectivity index (χ1n) is 26.4. The zero-order valence-electron chi connectivity index (χ0n) is 41.8. The zero-order valence-corrected chi connectivity index (χ0v) is 43.8. The first-order valence-corrected chi connectivity index (χ1v) is 30.4. The third kappa shape index (κ3) is 6.51. The molecule has 0 fully saturated rings. The predicted molar refractivity (Wildman–Crippen MR) is 327 cm³/mol. The summed E-state index contributed by atoms with van der Waals surface area (Å²) in [7, 11) is -5.37. The molecule has 12 aromatic carbocycles. The first-order chi connectivity index (χ1) is 37.7. The second kappa shape index (κ2) is 17.7. The van der Waals surface area contributed by atoms with Gasteiger partial charge >= 0.3 is 0 Å². The van der Waals surface area contributed by atoms with Crippen LogP contribution in [0.5, 0.6) is 0 Å². The van der Waals surface area contributed by atoms with Crippen LogP contribution in [0, 0.1) is 0 Å². The van der Waals surface area contributed by atoms with Crippen LogP contribution in [0.2, 0.25) is 0 Å². The molecule has 0 unspecified atom stereocenters. The van der Waals surface area contributed by atoms with Gasteiger partial charge in [-0.1, -0.05) is 249 Å². The minimum absolute atomic E-state index is 1.14. The van der Waals surface area contributed by atoms with Crippen LogP contribution in [0.3, 0.4) is 0 Å². The Labute approximate surface area is 444 Å². The van der Waals surface area contributed by atoms with E-state index in [-0.39, 0.29) is 0 Å². The minimum atomic E-state index is -2.78. The van der Waals surface area contributed by atoms with Gasteiger partial charge in [-0.25, -0.2) is 0 Å². The zero-order chi connectivity index (χ0) is 50.2. The van der Waals surface area contributed by atoms with E-state index in [1.807, 2.05) is 0 Å². The summed E-state index contributed by atoms with van der Waals surface area (Å²) in [6.07, 6.45) is 0. The normalized spacial score (nSPS) is 12.8. The first kappa shape index (κ1) is 44.2. The minimum Gasteiger partial charge on any atom is -0.309 e. The van der Waals surface area contributed by atoms with Crippen molar-refractivity contribution in [3.63, 3.8) is 0 Å². The van der Waals surface area contributed by atoms with Crippen LogP contribution in [-0.4, -0.2) is 25.3 Å². The van der Waals surface area contributed by atoms with Gasteiger partial charge in [0.2, 0.25) is 0 Å². The number of hydrogen-bond acceptors (Lipinski definition) is 0. The van der Waals surface area contributed by atoms with Gasteiger partial charge in [0.25, 0.3) is 0 Å². The molecule has 2 nitrogen and oxygen atoms in total. The molecular weight excluding hydrogens is 949 g/mol. The monoisotopic (exact) mass is 998 g/mol. The van der Waals surface area contributed by atoms with Crippen LogP contribution in [0.1, 0.15) is 0 Å². The average molecular weight is 999 g/mol. The molecule has 1 aliphatic rings. The number of aromatic nitrogens is 2. The lowest BCUT2D eigenvalue weighted by Crippen LogP contribution is -2.74. The molecule has 0 saturated heterocycles. The van der Waals surface area contributed by atoms with Gasteiger partial charge in [-0.15, -0.1) is 0 Å². The second-order valence-electron chi connectivity index (χ2n) is 20.3. The fraction of sp³-hybridized carbons (Fsp3) is 0. The highest BCUT2D eigenvalue weighted by molar-refractivity contribution is 7.22. The molecule has 15 rings (SSSR count). The Morgan fingerprint density at radius 2 is 0.697 bits per heavy atom. The Morgan fingerprint density at radius 1 is 0.250 bits per heavy atom. The molecule has 14 aromatic rings. The van der Waals surface area contributed by atoms with E-state index in [9.17, 15) is 0 Å². The summed E-state index contributed by atoms with van der Waals surface area (Å²) in [4.78, 5) is 0. The van der Waals surface area contributed by atoms with E-state index in [0.717, 1.165) is 11.4 Å². The lowest BCUT2D eigenvalue weighted by Gasteiger charge is -2.34. The van der Waals surface area contributed by atoms with E-state index in [2.05, 4.69) is 312 Å². The molecule has 2 aromatic heterocycles. The highest BCUT2D eigenvalue weighted by Crippen LogP contribution is 2.39. The molecule has 4 heteroatoms. The summed E-state index contributed by atoms with van der Waals surface area (Å²) in [6, 6.07) is 114. The van der Waals surface area contributed by atoms with Crippen molar-refractivity contribution in [2.75, 3.05) is 0 Å². The van der Waals surface area contributed by atoms with Crippen LogP contribution >= 0.6 is 0 Å². The van der Waals surface area contributed by atoms with Gasteiger partial charge in [0.15, 0.2) is 16.1 Å². The molecule has 3 heterocycles. The fourth-order valence-corrected chi connectivity index (χ4v) is 23.3. The maximum atomic E-state index is 2.49. The smallest absolute Gasteiger partial charge is 0.180 e. The summed E-state index contributed by atoms with van der Waals surface area (Å²) in [5.41, 5.74) is 12.2. The van der Waals surface area contributed by atoms with Crippen molar-refractivity contribution < 1.29 is 0 Å². The molecule has 0 N–H and O–H groups in total. The van der Waals surface area contributed by atoms with Crippen LogP contribution in [0.15, 0.2) is 303 Å². The van der Waals surface area contributed by atoms with Gasteiger partial charge in [-0.3, -0.25) is 0 Å². The number of para-hydroxylation sites is 2. The van der Waals surface area contributed by atoms with Gasteiger partial charge in [-0.05, 0) is 118 Å². The van der Waals surface area contributed by atoms with Crippen molar-refractivity contribution in [3.05, 3.63) is 303 Å². The summed E-state index contributed by atoms with van der Waals surface area (Å²) in [5, 5.41) is 16.1. The maximum Gasteiger partial charge on any atom is 0.180 e. The van der Waals surface area contributed by atoms with Crippen molar-refractivity contribution in [1.29, 1.82) is 0 Å². The van der Waals surface area contributed by atoms with Crippen molar-refractivity contribution in [2.45, 2.75) is 0 Å². The second-order valence-corrected chi connectivity index (χ2v) is 27.9. The van der Waals surface area contributed by atoms with Gasteiger partial charge < -0.3 is 9.13 Å². The van der Waals surface area contributed by atoms with Gasteiger partial charge in [-0.2, -0.15) is 0 Å². The van der Waals surface area contributed by atoms with Gasteiger partial charge in [0.1, 0.15) is 0 Å². The van der Waals surface area contributed by atoms with Crippen molar-refractivity contribution in [1.82, 2.24) is 9.13 Å². The van der Waals surface area contributed by atoms with Crippen molar-refractivity contribution in [2.24, 2.45) is 0 Å². The Balaban J connectivity index is 0.899. The van der Waals surface area contributed by atoms with Crippen LogP contribution < -0.4 is 41.5 Å². The quantitative estimate of drug-likeness (QED) is 0.101. The summed E-state index contributed by atoms with van der Waals surface area (Å²) < 4.78 is 4.98. The fourth-order valence-electron chi connectivity index (χ4n) is 13.4. The molecule has 0 aliphatic carbocycles. The Bertz CT molecular complexity index is 4370. The van der Waals surface area contributed by atoms with E-state index >= 15 is 0 Å². The third-order valence-corrected chi connectivity index (χ3v) is 26.2. The van der Waals surface area contributed by atoms with E-state index < -0.39 is 16.1 Å². The highest BCUT2D eigenvalue weighted by Gasteiger charge is 2.48. The number of benzene rings is 12. The maximum absolute atomic E-state index is 2.78. The Hall–Kier alpha value is -9.33.